The summed E-state index contributed by atoms with van der Waals surface area (Å²) >= 11 is 0. The molecule has 1 aromatic rings. The standard InChI is InChI=1S/C15H27N3/c1-3-14-11-15(18(2)17-14)12-16-10-9-13-7-5-4-6-8-13/h11,13,16H,3-10,12H2,1-2H3. The van der Waals surface area contributed by atoms with Gasteiger partial charge in [0.15, 0.2) is 0 Å². The summed E-state index contributed by atoms with van der Waals surface area (Å²) in [7, 11) is 2.04. The predicted octanol–water partition coefficient (Wildman–Crippen LogP) is 3.04. The molecule has 1 fully saturated rings. The first-order valence-corrected chi connectivity index (χ1v) is 7.52. The Bertz CT molecular complexity index is 351. The van der Waals surface area contributed by atoms with E-state index in [1.165, 1.54) is 49.9 Å². The van der Waals surface area contributed by atoms with Gasteiger partial charge in [0.05, 0.1) is 11.4 Å². The molecule has 3 nitrogen and oxygen atoms in total. The smallest absolute Gasteiger partial charge is 0.0625 e. The predicted molar refractivity (Wildman–Crippen MR) is 75.5 cm³/mol. The average Bonchev–Trinajstić information content (AvgIpc) is 2.77. The van der Waals surface area contributed by atoms with E-state index < -0.39 is 0 Å². The number of hydrogen-bond acceptors (Lipinski definition) is 2. The molecule has 0 bridgehead atoms. The highest BCUT2D eigenvalue weighted by molar-refractivity contribution is 5.09. The molecule has 0 aliphatic heterocycles. The molecule has 0 atom stereocenters. The van der Waals surface area contributed by atoms with Crippen LogP contribution in [0.1, 0.15) is 56.8 Å². The van der Waals surface area contributed by atoms with E-state index in [-0.39, 0.29) is 0 Å². The summed E-state index contributed by atoms with van der Waals surface area (Å²) in [6.07, 6.45) is 9.63. The molecule has 102 valence electrons. The second kappa shape index (κ2) is 6.93. The second-order valence-corrected chi connectivity index (χ2v) is 5.57. The van der Waals surface area contributed by atoms with Gasteiger partial charge in [-0.05, 0) is 31.4 Å². The van der Waals surface area contributed by atoms with E-state index in [0.29, 0.717) is 0 Å². The van der Waals surface area contributed by atoms with Gasteiger partial charge < -0.3 is 5.32 Å². The van der Waals surface area contributed by atoms with E-state index >= 15 is 0 Å². The average molecular weight is 249 g/mol. The minimum absolute atomic E-state index is 0.955. The summed E-state index contributed by atoms with van der Waals surface area (Å²) < 4.78 is 2.01. The molecule has 1 aromatic heterocycles. The highest BCUT2D eigenvalue weighted by Gasteiger charge is 2.12. The molecule has 0 amide bonds. The van der Waals surface area contributed by atoms with Crippen LogP contribution in [0, 0.1) is 5.92 Å². The largest absolute Gasteiger partial charge is 0.311 e. The van der Waals surface area contributed by atoms with Crippen LogP contribution in [-0.4, -0.2) is 16.3 Å². The van der Waals surface area contributed by atoms with Crippen LogP contribution in [0.5, 0.6) is 0 Å². The summed E-state index contributed by atoms with van der Waals surface area (Å²) in [6, 6.07) is 2.22. The van der Waals surface area contributed by atoms with E-state index in [1.54, 1.807) is 0 Å². The molecule has 0 spiro atoms. The number of nitrogens with zero attached hydrogens (tertiary/aromatic N) is 2. The van der Waals surface area contributed by atoms with E-state index in [4.69, 9.17) is 0 Å². The van der Waals surface area contributed by atoms with Crippen molar-refractivity contribution in [2.24, 2.45) is 13.0 Å². The lowest BCUT2D eigenvalue weighted by molar-refractivity contribution is 0.333. The fourth-order valence-electron chi connectivity index (χ4n) is 2.91. The molecule has 0 saturated heterocycles. The lowest BCUT2D eigenvalue weighted by atomic mass is 9.87. The van der Waals surface area contributed by atoms with Gasteiger partial charge in [-0.15, -0.1) is 0 Å². The molecule has 0 radical (unpaired) electrons. The van der Waals surface area contributed by atoms with Crippen molar-refractivity contribution in [2.45, 2.75) is 58.4 Å². The minimum Gasteiger partial charge on any atom is -0.311 e. The topological polar surface area (TPSA) is 29.9 Å². The number of aryl methyl sites for hydroxylation is 2. The van der Waals surface area contributed by atoms with Gasteiger partial charge in [0, 0.05) is 13.6 Å². The SMILES string of the molecule is CCc1cc(CNCCC2CCCCC2)n(C)n1. The van der Waals surface area contributed by atoms with E-state index in [0.717, 1.165) is 25.4 Å². The van der Waals surface area contributed by atoms with Crippen molar-refractivity contribution < 1.29 is 0 Å². The molecular weight excluding hydrogens is 222 g/mol. The number of rotatable bonds is 6. The van der Waals surface area contributed by atoms with Gasteiger partial charge in [-0.2, -0.15) is 5.10 Å². The highest BCUT2D eigenvalue weighted by Crippen LogP contribution is 2.25. The normalized spacial score (nSPS) is 17.2. The number of nitrogens with one attached hydrogen (secondary N) is 1. The Morgan fingerprint density at radius 2 is 2.11 bits per heavy atom. The van der Waals surface area contributed by atoms with E-state index in [9.17, 15) is 0 Å². The van der Waals surface area contributed by atoms with Gasteiger partial charge in [0.1, 0.15) is 0 Å². The quantitative estimate of drug-likeness (QED) is 0.785. The van der Waals surface area contributed by atoms with Crippen molar-refractivity contribution in [2.75, 3.05) is 6.54 Å². The Morgan fingerprint density at radius 3 is 2.78 bits per heavy atom. The first kappa shape index (κ1) is 13.6. The van der Waals surface area contributed by atoms with Crippen LogP contribution >= 0.6 is 0 Å². The van der Waals surface area contributed by atoms with E-state index in [1.807, 2.05) is 11.7 Å². The molecule has 1 N–H and O–H groups in total. The Kier molecular flexibility index (Phi) is 5.24. The zero-order valence-electron chi connectivity index (χ0n) is 11.9. The van der Waals surface area contributed by atoms with Crippen LogP contribution in [0.25, 0.3) is 0 Å². The summed E-state index contributed by atoms with van der Waals surface area (Å²) in [4.78, 5) is 0. The van der Waals surface area contributed by atoms with E-state index in [2.05, 4.69) is 23.4 Å². The van der Waals surface area contributed by atoms with Crippen LogP contribution in [0.2, 0.25) is 0 Å². The summed E-state index contributed by atoms with van der Waals surface area (Å²) in [5.41, 5.74) is 2.50. The maximum Gasteiger partial charge on any atom is 0.0625 e. The first-order valence-electron chi connectivity index (χ1n) is 7.52. The summed E-state index contributed by atoms with van der Waals surface area (Å²) in [6.45, 7) is 4.26. The fraction of sp³-hybridized carbons (Fsp3) is 0.800. The van der Waals surface area contributed by atoms with Gasteiger partial charge in [-0.25, -0.2) is 0 Å². The monoisotopic (exact) mass is 249 g/mol. The lowest BCUT2D eigenvalue weighted by Crippen LogP contribution is -2.20. The Morgan fingerprint density at radius 1 is 1.33 bits per heavy atom. The van der Waals surface area contributed by atoms with Gasteiger partial charge in [-0.1, -0.05) is 39.0 Å². The second-order valence-electron chi connectivity index (χ2n) is 5.57. The zero-order valence-corrected chi connectivity index (χ0v) is 11.9. The van der Waals surface area contributed by atoms with Crippen LogP contribution in [0.3, 0.4) is 0 Å². The van der Waals surface area contributed by atoms with Gasteiger partial charge in [0.2, 0.25) is 0 Å². The van der Waals surface area contributed by atoms with Crippen molar-refractivity contribution >= 4 is 0 Å². The maximum absolute atomic E-state index is 4.47. The van der Waals surface area contributed by atoms with Crippen LogP contribution in [0.15, 0.2) is 6.07 Å². The molecular formula is C15H27N3. The van der Waals surface area contributed by atoms with Crippen molar-refractivity contribution in [3.63, 3.8) is 0 Å². The van der Waals surface area contributed by atoms with Crippen molar-refractivity contribution in [3.05, 3.63) is 17.5 Å². The maximum atomic E-state index is 4.47. The lowest BCUT2D eigenvalue weighted by Gasteiger charge is -2.21. The molecule has 1 aliphatic carbocycles. The molecule has 2 rings (SSSR count). The Hall–Kier alpha value is -0.830. The van der Waals surface area contributed by atoms with Crippen molar-refractivity contribution in [1.29, 1.82) is 0 Å². The molecule has 0 aromatic carbocycles. The molecule has 3 heteroatoms. The molecule has 0 unspecified atom stereocenters. The van der Waals surface area contributed by atoms with Gasteiger partial charge in [-0.3, -0.25) is 4.68 Å². The Labute approximate surface area is 111 Å². The molecule has 18 heavy (non-hydrogen) atoms. The van der Waals surface area contributed by atoms with Crippen molar-refractivity contribution in [3.8, 4) is 0 Å². The number of aromatic nitrogens is 2. The van der Waals surface area contributed by atoms with Crippen LogP contribution in [0.4, 0.5) is 0 Å². The van der Waals surface area contributed by atoms with Crippen LogP contribution < -0.4 is 5.32 Å². The highest BCUT2D eigenvalue weighted by atomic mass is 15.3. The first-order chi connectivity index (χ1) is 8.79. The molecule has 1 heterocycles. The van der Waals surface area contributed by atoms with Crippen molar-refractivity contribution in [1.82, 2.24) is 15.1 Å². The summed E-state index contributed by atoms with van der Waals surface area (Å²) in [5, 5.41) is 8.04. The fourth-order valence-corrected chi connectivity index (χ4v) is 2.91. The summed E-state index contributed by atoms with van der Waals surface area (Å²) in [5.74, 6) is 0.976. The van der Waals surface area contributed by atoms with Crippen LogP contribution in [-0.2, 0) is 20.0 Å². The Balaban J connectivity index is 1.66. The number of hydrogen-bond donors (Lipinski definition) is 1. The third kappa shape index (κ3) is 3.84. The minimum atomic E-state index is 0.955. The van der Waals surface area contributed by atoms with Gasteiger partial charge >= 0.3 is 0 Å². The molecule has 1 saturated carbocycles. The van der Waals surface area contributed by atoms with Gasteiger partial charge in [0.25, 0.3) is 0 Å². The third-order valence-electron chi connectivity index (χ3n) is 4.15. The molecule has 1 aliphatic rings. The third-order valence-corrected chi connectivity index (χ3v) is 4.15. The zero-order chi connectivity index (χ0) is 12.8.